The van der Waals surface area contributed by atoms with Crippen LogP contribution in [0.3, 0.4) is 0 Å². The van der Waals surface area contributed by atoms with Crippen molar-refractivity contribution < 1.29 is 18.6 Å². The van der Waals surface area contributed by atoms with Crippen LogP contribution in [0.1, 0.15) is 11.1 Å². The van der Waals surface area contributed by atoms with Gasteiger partial charge in [-0.3, -0.25) is 0 Å². The summed E-state index contributed by atoms with van der Waals surface area (Å²) < 4.78 is 28.7. The highest BCUT2D eigenvalue weighted by molar-refractivity contribution is 14.1. The molecule has 0 unspecified atom stereocenters. The fourth-order valence-corrected chi connectivity index (χ4v) is 2.82. The van der Waals surface area contributed by atoms with E-state index < -0.39 is 6.67 Å². The van der Waals surface area contributed by atoms with Crippen molar-refractivity contribution >= 4 is 40.4 Å². The molecule has 1 aromatic carbocycles. The lowest BCUT2D eigenvalue weighted by Crippen LogP contribution is -2.12. The number of hydrogen-bond acceptors (Lipinski definition) is 5. The molecule has 1 N–H and O–H groups in total. The van der Waals surface area contributed by atoms with E-state index in [-0.39, 0.29) is 6.61 Å². The molecular formula is C20H24FIN2O3. The molecule has 0 spiro atoms. The molecule has 1 heterocycles. The second-order valence-corrected chi connectivity index (χ2v) is 6.69. The first kappa shape index (κ1) is 21.6. The Morgan fingerprint density at radius 3 is 2.33 bits per heavy atom. The van der Waals surface area contributed by atoms with E-state index in [1.807, 2.05) is 37.4 Å². The smallest absolute Gasteiger partial charge is 0.227 e. The highest BCUT2D eigenvalue weighted by atomic mass is 127. The van der Waals surface area contributed by atoms with Gasteiger partial charge in [-0.25, -0.2) is 9.37 Å². The quantitative estimate of drug-likeness (QED) is 0.359. The van der Waals surface area contributed by atoms with Crippen molar-refractivity contribution in [2.24, 2.45) is 0 Å². The lowest BCUT2D eigenvalue weighted by molar-refractivity contribution is 0.0319. The number of anilines is 1. The highest BCUT2D eigenvalue weighted by Crippen LogP contribution is 2.20. The molecule has 0 saturated heterocycles. The molecule has 146 valence electrons. The van der Waals surface area contributed by atoms with Gasteiger partial charge in [0.25, 0.3) is 0 Å². The molecule has 0 fully saturated rings. The number of rotatable bonds is 12. The van der Waals surface area contributed by atoms with Gasteiger partial charge in [-0.2, -0.15) is 0 Å². The molecule has 0 aliphatic carbocycles. The molecule has 2 aromatic rings. The molecule has 7 heteroatoms. The Labute approximate surface area is 173 Å². The monoisotopic (exact) mass is 486 g/mol. The third kappa shape index (κ3) is 8.23. The summed E-state index contributed by atoms with van der Waals surface area (Å²) in [5, 5.41) is 3.10. The first-order valence-corrected chi connectivity index (χ1v) is 9.76. The van der Waals surface area contributed by atoms with E-state index in [9.17, 15) is 4.39 Å². The van der Waals surface area contributed by atoms with Gasteiger partial charge in [-0.15, -0.1) is 0 Å². The van der Waals surface area contributed by atoms with Crippen LogP contribution in [0.25, 0.3) is 12.2 Å². The number of alkyl halides is 1. The average molecular weight is 486 g/mol. The van der Waals surface area contributed by atoms with E-state index in [1.165, 1.54) is 0 Å². The Morgan fingerprint density at radius 1 is 1.00 bits per heavy atom. The Morgan fingerprint density at radius 2 is 1.67 bits per heavy atom. The van der Waals surface area contributed by atoms with Gasteiger partial charge in [0.1, 0.15) is 13.3 Å². The highest BCUT2D eigenvalue weighted by Gasteiger charge is 2.03. The maximum Gasteiger partial charge on any atom is 0.227 e. The normalized spacial score (nSPS) is 11.1. The Hall–Kier alpha value is -1.71. The summed E-state index contributed by atoms with van der Waals surface area (Å²) in [7, 11) is 1.90. The summed E-state index contributed by atoms with van der Waals surface area (Å²) in [6.07, 6.45) is 5.85. The lowest BCUT2D eigenvalue weighted by Gasteiger charge is -2.08. The van der Waals surface area contributed by atoms with Gasteiger partial charge in [-0.05, 0) is 51.9 Å². The maximum absolute atomic E-state index is 11.8. The van der Waals surface area contributed by atoms with Gasteiger partial charge in [0.05, 0.1) is 30.0 Å². The number of aromatic nitrogens is 1. The van der Waals surface area contributed by atoms with Crippen LogP contribution in [-0.4, -0.2) is 51.7 Å². The van der Waals surface area contributed by atoms with Crippen molar-refractivity contribution in [3.8, 4) is 5.88 Å². The molecule has 0 radical (unpaired) electrons. The van der Waals surface area contributed by atoms with Crippen molar-refractivity contribution in [2.45, 2.75) is 0 Å². The third-order valence-corrected chi connectivity index (χ3v) is 4.33. The number of benzene rings is 1. The summed E-state index contributed by atoms with van der Waals surface area (Å²) in [4.78, 5) is 4.36. The summed E-state index contributed by atoms with van der Waals surface area (Å²) in [6, 6.07) is 10.2. The van der Waals surface area contributed by atoms with E-state index in [0.717, 1.165) is 20.4 Å². The molecule has 1 aromatic heterocycles. The number of nitrogens with one attached hydrogen (secondary N) is 1. The minimum Gasteiger partial charge on any atom is -0.474 e. The van der Waals surface area contributed by atoms with E-state index in [0.29, 0.717) is 32.3 Å². The van der Waals surface area contributed by atoms with Gasteiger partial charge < -0.3 is 19.5 Å². The largest absolute Gasteiger partial charge is 0.474 e. The van der Waals surface area contributed by atoms with Gasteiger partial charge >= 0.3 is 0 Å². The minimum atomic E-state index is -0.471. The van der Waals surface area contributed by atoms with Gasteiger partial charge in [0.2, 0.25) is 5.88 Å². The van der Waals surface area contributed by atoms with Gasteiger partial charge in [0.15, 0.2) is 0 Å². The molecule has 2 rings (SSSR count). The van der Waals surface area contributed by atoms with Gasteiger partial charge in [-0.1, -0.05) is 24.3 Å². The second kappa shape index (κ2) is 12.6. The second-order valence-electron chi connectivity index (χ2n) is 5.52. The summed E-state index contributed by atoms with van der Waals surface area (Å²) in [5.41, 5.74) is 3.21. The van der Waals surface area contributed by atoms with Crippen LogP contribution in [0.4, 0.5) is 10.1 Å². The van der Waals surface area contributed by atoms with Crippen molar-refractivity contribution in [2.75, 3.05) is 52.1 Å². The van der Waals surface area contributed by atoms with Crippen LogP contribution in [-0.2, 0) is 9.47 Å². The molecule has 0 bridgehead atoms. The van der Waals surface area contributed by atoms with Crippen LogP contribution in [0.2, 0.25) is 0 Å². The third-order valence-electron chi connectivity index (χ3n) is 3.56. The molecule has 0 amide bonds. The summed E-state index contributed by atoms with van der Waals surface area (Å²) in [6.45, 7) is 1.29. The molecule has 0 aliphatic rings. The first-order chi connectivity index (χ1) is 13.2. The van der Waals surface area contributed by atoms with Gasteiger partial charge in [0, 0.05) is 18.9 Å². The minimum absolute atomic E-state index is 0.115. The summed E-state index contributed by atoms with van der Waals surface area (Å²) in [5.74, 6) is 0.586. The molecule has 0 saturated carbocycles. The molecule has 0 aliphatic heterocycles. The predicted molar refractivity (Wildman–Crippen MR) is 115 cm³/mol. The average Bonchev–Trinajstić information content (AvgIpc) is 2.70. The number of ether oxygens (including phenoxy) is 3. The number of hydrogen-bond donors (Lipinski definition) is 1. The van der Waals surface area contributed by atoms with Crippen LogP contribution in [0.5, 0.6) is 5.88 Å². The number of nitrogens with zero attached hydrogens (tertiary/aromatic N) is 1. The van der Waals surface area contributed by atoms with Crippen molar-refractivity contribution in [3.05, 3.63) is 51.2 Å². The molecule has 27 heavy (non-hydrogen) atoms. The predicted octanol–water partition coefficient (Wildman–Crippen LogP) is 4.28. The van der Waals surface area contributed by atoms with Crippen molar-refractivity contribution in [1.29, 1.82) is 0 Å². The standard InChI is InChI=1S/C20H24FIN2O3/c1-23-18-6-4-16(5-7-18)2-3-17-14-19(22)20(24-15-17)27-13-12-26-11-10-25-9-8-21/h2-7,14-15,23H,8-13H2,1H3. The van der Waals surface area contributed by atoms with E-state index in [2.05, 4.69) is 45.0 Å². The van der Waals surface area contributed by atoms with Crippen LogP contribution >= 0.6 is 22.6 Å². The molecular weight excluding hydrogens is 462 g/mol. The number of pyridine rings is 1. The fourth-order valence-electron chi connectivity index (χ4n) is 2.16. The van der Waals surface area contributed by atoms with E-state index in [1.54, 1.807) is 6.20 Å². The maximum atomic E-state index is 11.8. The summed E-state index contributed by atoms with van der Waals surface area (Å²) >= 11 is 2.21. The Kier molecular flexibility index (Phi) is 10.1. The zero-order valence-corrected chi connectivity index (χ0v) is 17.4. The van der Waals surface area contributed by atoms with Crippen LogP contribution in [0, 0.1) is 3.57 Å². The van der Waals surface area contributed by atoms with Crippen LogP contribution < -0.4 is 10.1 Å². The lowest BCUT2D eigenvalue weighted by atomic mass is 10.1. The number of halogens is 2. The SMILES string of the molecule is CNc1ccc(C=Cc2cnc(OCCOCCOCCF)c(I)c2)cc1. The van der Waals surface area contributed by atoms with Crippen molar-refractivity contribution in [3.63, 3.8) is 0 Å². The van der Waals surface area contributed by atoms with Crippen molar-refractivity contribution in [1.82, 2.24) is 4.98 Å². The van der Waals surface area contributed by atoms with E-state index >= 15 is 0 Å². The fraction of sp³-hybridized carbons (Fsp3) is 0.350. The molecule has 0 atom stereocenters. The zero-order chi connectivity index (χ0) is 19.3. The Balaban J connectivity index is 1.76. The van der Waals surface area contributed by atoms with Crippen LogP contribution in [0.15, 0.2) is 36.5 Å². The zero-order valence-electron chi connectivity index (χ0n) is 15.3. The molecule has 5 nitrogen and oxygen atoms in total. The topological polar surface area (TPSA) is 52.6 Å². The van der Waals surface area contributed by atoms with E-state index in [4.69, 9.17) is 14.2 Å². The first-order valence-electron chi connectivity index (χ1n) is 8.68. The Bertz CT molecular complexity index is 711.